The summed E-state index contributed by atoms with van der Waals surface area (Å²) in [4.78, 5) is 16.3. The average Bonchev–Trinajstić information content (AvgIpc) is 2.52. The van der Waals surface area contributed by atoms with Crippen LogP contribution in [0.5, 0.6) is 0 Å². The molecule has 1 aromatic heterocycles. The summed E-state index contributed by atoms with van der Waals surface area (Å²) >= 11 is 11.8. The maximum absolute atomic E-state index is 12.1. The lowest BCUT2D eigenvalue weighted by Crippen LogP contribution is -2.21. The van der Waals surface area contributed by atoms with Crippen LogP contribution in [0, 0.1) is 0 Å². The van der Waals surface area contributed by atoms with Crippen molar-refractivity contribution in [3.05, 3.63) is 75.1 Å². The fourth-order valence-electron chi connectivity index (χ4n) is 2.21. The minimum atomic E-state index is -0.308. The Morgan fingerprint density at radius 3 is 1.91 bits per heavy atom. The summed E-state index contributed by atoms with van der Waals surface area (Å²) in [6, 6.07) is 16.5. The zero-order chi connectivity index (χ0) is 15.7. The van der Waals surface area contributed by atoms with Crippen molar-refractivity contribution in [1.29, 1.82) is 0 Å². The number of hydrogen-bond acceptors (Lipinski definition) is 2. The normalized spacial score (nSPS) is 10.7. The molecule has 3 rings (SSSR count). The predicted octanol–water partition coefficient (Wildman–Crippen LogP) is 4.42. The van der Waals surface area contributed by atoms with E-state index in [1.165, 1.54) is 4.57 Å². The number of benzene rings is 2. The third kappa shape index (κ3) is 2.91. The molecule has 0 fully saturated rings. The van der Waals surface area contributed by atoms with Crippen molar-refractivity contribution in [3.63, 3.8) is 0 Å². The summed E-state index contributed by atoms with van der Waals surface area (Å²) < 4.78 is 1.52. The molecule has 110 valence electrons. The molecule has 5 heteroatoms. The van der Waals surface area contributed by atoms with E-state index in [1.54, 1.807) is 31.3 Å². The highest BCUT2D eigenvalue weighted by Gasteiger charge is 2.09. The van der Waals surface area contributed by atoms with Gasteiger partial charge in [0.2, 0.25) is 0 Å². The van der Waals surface area contributed by atoms with Gasteiger partial charge in [-0.3, -0.25) is 4.57 Å². The van der Waals surface area contributed by atoms with Gasteiger partial charge in [-0.2, -0.15) is 4.98 Å². The molecule has 0 saturated carbocycles. The molecular formula is C17H12Cl2N2O. The van der Waals surface area contributed by atoms with E-state index < -0.39 is 0 Å². The summed E-state index contributed by atoms with van der Waals surface area (Å²) in [5.74, 6) is 0. The van der Waals surface area contributed by atoms with E-state index in [4.69, 9.17) is 23.2 Å². The van der Waals surface area contributed by atoms with Crippen LogP contribution in [0.25, 0.3) is 22.5 Å². The van der Waals surface area contributed by atoms with Gasteiger partial charge in [0, 0.05) is 22.7 Å². The predicted molar refractivity (Wildman–Crippen MR) is 90.4 cm³/mol. The molecular weight excluding hydrogens is 319 g/mol. The van der Waals surface area contributed by atoms with Gasteiger partial charge in [-0.1, -0.05) is 47.5 Å². The van der Waals surface area contributed by atoms with Crippen LogP contribution in [0.4, 0.5) is 0 Å². The van der Waals surface area contributed by atoms with Crippen molar-refractivity contribution in [3.8, 4) is 22.5 Å². The first-order valence-electron chi connectivity index (χ1n) is 6.64. The van der Waals surface area contributed by atoms with Crippen LogP contribution in [0.15, 0.2) is 59.4 Å². The molecule has 22 heavy (non-hydrogen) atoms. The summed E-state index contributed by atoms with van der Waals surface area (Å²) in [7, 11) is 1.70. The van der Waals surface area contributed by atoms with E-state index >= 15 is 0 Å². The quantitative estimate of drug-likeness (QED) is 0.697. The Hall–Kier alpha value is -2.10. The van der Waals surface area contributed by atoms with E-state index in [1.807, 2.05) is 30.3 Å². The SMILES string of the molecule is Cn1c(-c2ccc(Cl)cc2)cc(-c2ccc(Cl)cc2)nc1=O. The Morgan fingerprint density at radius 2 is 1.36 bits per heavy atom. The summed E-state index contributed by atoms with van der Waals surface area (Å²) in [6.45, 7) is 0. The zero-order valence-corrected chi connectivity index (χ0v) is 13.3. The van der Waals surface area contributed by atoms with Crippen molar-refractivity contribution < 1.29 is 0 Å². The molecule has 3 nitrogen and oxygen atoms in total. The van der Waals surface area contributed by atoms with Crippen LogP contribution in [0.1, 0.15) is 0 Å². The standard InChI is InChI=1S/C17H12Cl2N2O/c1-21-16(12-4-8-14(19)9-5-12)10-15(20-17(21)22)11-2-6-13(18)7-3-11/h2-10H,1H3. The number of halogens is 2. The number of aromatic nitrogens is 2. The van der Waals surface area contributed by atoms with Crippen molar-refractivity contribution in [2.75, 3.05) is 0 Å². The molecule has 0 spiro atoms. The maximum Gasteiger partial charge on any atom is 0.348 e. The van der Waals surface area contributed by atoms with E-state index in [9.17, 15) is 4.79 Å². The minimum absolute atomic E-state index is 0.308. The fraction of sp³-hybridized carbons (Fsp3) is 0.0588. The zero-order valence-electron chi connectivity index (χ0n) is 11.8. The summed E-state index contributed by atoms with van der Waals surface area (Å²) in [6.07, 6.45) is 0. The number of rotatable bonds is 2. The Kier molecular flexibility index (Phi) is 4.01. The maximum atomic E-state index is 12.1. The van der Waals surface area contributed by atoms with Crippen LogP contribution in [0.3, 0.4) is 0 Å². The second-order valence-corrected chi connectivity index (χ2v) is 5.75. The lowest BCUT2D eigenvalue weighted by Gasteiger charge is -2.10. The van der Waals surface area contributed by atoms with Crippen molar-refractivity contribution in [2.45, 2.75) is 0 Å². The van der Waals surface area contributed by atoms with Crippen LogP contribution in [-0.2, 0) is 7.05 Å². The third-order valence-electron chi connectivity index (χ3n) is 3.42. The molecule has 0 atom stereocenters. The minimum Gasteiger partial charge on any atom is -0.295 e. The molecule has 0 radical (unpaired) electrons. The first-order valence-corrected chi connectivity index (χ1v) is 7.40. The van der Waals surface area contributed by atoms with Gasteiger partial charge in [0.05, 0.1) is 11.4 Å². The van der Waals surface area contributed by atoms with Gasteiger partial charge < -0.3 is 0 Å². The topological polar surface area (TPSA) is 34.9 Å². The molecule has 0 amide bonds. The van der Waals surface area contributed by atoms with Gasteiger partial charge in [-0.25, -0.2) is 4.79 Å². The Bertz CT molecular complexity index is 869. The van der Waals surface area contributed by atoms with Gasteiger partial charge >= 0.3 is 5.69 Å². The average molecular weight is 331 g/mol. The van der Waals surface area contributed by atoms with Crippen LogP contribution < -0.4 is 5.69 Å². The van der Waals surface area contributed by atoms with Gasteiger partial charge in [0.15, 0.2) is 0 Å². The number of nitrogens with zero attached hydrogens (tertiary/aromatic N) is 2. The molecule has 0 N–H and O–H groups in total. The smallest absolute Gasteiger partial charge is 0.295 e. The van der Waals surface area contributed by atoms with Crippen molar-refractivity contribution >= 4 is 23.2 Å². The highest BCUT2D eigenvalue weighted by Crippen LogP contribution is 2.25. The third-order valence-corrected chi connectivity index (χ3v) is 3.92. The van der Waals surface area contributed by atoms with E-state index in [0.717, 1.165) is 16.8 Å². The van der Waals surface area contributed by atoms with E-state index in [2.05, 4.69) is 4.98 Å². The van der Waals surface area contributed by atoms with Gasteiger partial charge in [0.25, 0.3) is 0 Å². The second kappa shape index (κ2) is 5.95. The first-order chi connectivity index (χ1) is 10.5. The van der Waals surface area contributed by atoms with E-state index in [-0.39, 0.29) is 5.69 Å². The Balaban J connectivity index is 2.17. The highest BCUT2D eigenvalue weighted by atomic mass is 35.5. The summed E-state index contributed by atoms with van der Waals surface area (Å²) in [5.41, 5.74) is 2.84. The van der Waals surface area contributed by atoms with E-state index in [0.29, 0.717) is 15.7 Å². The molecule has 1 heterocycles. The lowest BCUT2D eigenvalue weighted by atomic mass is 10.1. The fourth-order valence-corrected chi connectivity index (χ4v) is 2.46. The van der Waals surface area contributed by atoms with Gasteiger partial charge in [0.1, 0.15) is 0 Å². The first kappa shape index (κ1) is 14.8. The molecule has 0 unspecified atom stereocenters. The molecule has 0 bridgehead atoms. The second-order valence-electron chi connectivity index (χ2n) is 4.88. The van der Waals surface area contributed by atoms with Crippen LogP contribution >= 0.6 is 23.2 Å². The Morgan fingerprint density at radius 1 is 0.864 bits per heavy atom. The highest BCUT2D eigenvalue weighted by molar-refractivity contribution is 6.30. The number of hydrogen-bond donors (Lipinski definition) is 0. The van der Waals surface area contributed by atoms with Crippen molar-refractivity contribution in [1.82, 2.24) is 9.55 Å². The molecule has 0 aliphatic rings. The molecule has 2 aromatic carbocycles. The largest absolute Gasteiger partial charge is 0.348 e. The molecule has 0 saturated heterocycles. The molecule has 0 aliphatic carbocycles. The van der Waals surface area contributed by atoms with Crippen molar-refractivity contribution in [2.24, 2.45) is 7.05 Å². The lowest BCUT2D eigenvalue weighted by molar-refractivity contribution is 0.822. The van der Waals surface area contributed by atoms with Gasteiger partial charge in [-0.15, -0.1) is 0 Å². The van der Waals surface area contributed by atoms with Crippen LogP contribution in [0.2, 0.25) is 10.0 Å². The molecule has 3 aromatic rings. The monoisotopic (exact) mass is 330 g/mol. The summed E-state index contributed by atoms with van der Waals surface area (Å²) in [5, 5.41) is 1.30. The molecule has 0 aliphatic heterocycles. The van der Waals surface area contributed by atoms with Gasteiger partial charge in [-0.05, 0) is 35.9 Å². The Labute approximate surface area is 137 Å². The van der Waals surface area contributed by atoms with Crippen LogP contribution in [-0.4, -0.2) is 9.55 Å².